The van der Waals surface area contributed by atoms with Crippen LogP contribution in [0.25, 0.3) is 33.3 Å². The summed E-state index contributed by atoms with van der Waals surface area (Å²) in [5, 5.41) is 1.03. The second-order valence-electron chi connectivity index (χ2n) is 5.58. The number of nitrogens with zero attached hydrogens (tertiary/aromatic N) is 2. The summed E-state index contributed by atoms with van der Waals surface area (Å²) < 4.78 is 10.7. The first-order chi connectivity index (χ1) is 11.7. The van der Waals surface area contributed by atoms with Crippen LogP contribution in [0.15, 0.2) is 53.1 Å². The molecule has 0 saturated heterocycles. The molecule has 0 unspecified atom stereocenters. The summed E-state index contributed by atoms with van der Waals surface area (Å²) in [6, 6.07) is 13.7. The zero-order valence-corrected chi connectivity index (χ0v) is 13.2. The van der Waals surface area contributed by atoms with E-state index >= 15 is 0 Å². The fourth-order valence-corrected chi connectivity index (χ4v) is 2.77. The van der Waals surface area contributed by atoms with Crippen molar-refractivity contribution in [1.82, 2.24) is 9.97 Å². The second-order valence-corrected chi connectivity index (χ2v) is 5.58. The number of fused-ring (bicyclic) bond motifs is 2. The number of aromatic nitrogens is 2. The Morgan fingerprint density at radius 2 is 2.00 bits per heavy atom. The first-order valence-corrected chi connectivity index (χ1v) is 7.50. The van der Waals surface area contributed by atoms with Crippen LogP contribution >= 0.6 is 0 Å². The Kier molecular flexibility index (Phi) is 3.27. The van der Waals surface area contributed by atoms with Crippen molar-refractivity contribution in [3.05, 3.63) is 59.9 Å². The molecule has 0 bridgehead atoms. The Hall–Kier alpha value is -3.21. The molecule has 4 rings (SSSR count). The lowest BCUT2D eigenvalue weighted by molar-refractivity contribution is 0.0594. The number of benzene rings is 2. The average Bonchev–Trinajstić information content (AvgIpc) is 3.03. The van der Waals surface area contributed by atoms with Crippen LogP contribution in [-0.4, -0.2) is 23.0 Å². The lowest BCUT2D eigenvalue weighted by Crippen LogP contribution is -2.05. The van der Waals surface area contributed by atoms with Gasteiger partial charge in [0.15, 0.2) is 5.69 Å². The summed E-state index contributed by atoms with van der Waals surface area (Å²) in [6.45, 7) is 1.97. The van der Waals surface area contributed by atoms with Crippen molar-refractivity contribution in [2.45, 2.75) is 6.92 Å². The molecule has 0 aliphatic carbocycles. The third-order valence-electron chi connectivity index (χ3n) is 3.88. The smallest absolute Gasteiger partial charge is 0.358 e. The van der Waals surface area contributed by atoms with E-state index in [2.05, 4.69) is 9.97 Å². The van der Waals surface area contributed by atoms with Crippen LogP contribution < -0.4 is 0 Å². The van der Waals surface area contributed by atoms with Crippen LogP contribution in [0.2, 0.25) is 0 Å². The summed E-state index contributed by atoms with van der Waals surface area (Å²) in [5.74, 6) is 0.223. The molecule has 0 spiro atoms. The van der Waals surface area contributed by atoms with Crippen molar-refractivity contribution < 1.29 is 13.9 Å². The number of hydrogen-bond acceptors (Lipinski definition) is 5. The summed E-state index contributed by atoms with van der Waals surface area (Å²) in [5.41, 5.74) is 4.19. The molecule has 0 aliphatic heterocycles. The molecule has 5 heteroatoms. The minimum atomic E-state index is -0.504. The molecule has 2 aromatic heterocycles. The molecule has 0 saturated carbocycles. The normalized spacial score (nSPS) is 11.1. The van der Waals surface area contributed by atoms with Gasteiger partial charge in [-0.1, -0.05) is 18.2 Å². The van der Waals surface area contributed by atoms with Gasteiger partial charge in [-0.3, -0.25) is 4.98 Å². The third kappa shape index (κ3) is 2.31. The van der Waals surface area contributed by atoms with Gasteiger partial charge in [0.2, 0.25) is 0 Å². The van der Waals surface area contributed by atoms with E-state index in [-0.39, 0.29) is 5.69 Å². The minimum Gasteiger partial charge on any atom is -0.464 e. The van der Waals surface area contributed by atoms with E-state index < -0.39 is 5.97 Å². The SMILES string of the molecule is COC(=O)c1cnc2c(-c3cc4ccccc4o3)cc(C)cc2n1. The molecule has 0 aliphatic rings. The van der Waals surface area contributed by atoms with E-state index in [9.17, 15) is 4.79 Å². The highest BCUT2D eigenvalue weighted by atomic mass is 16.5. The van der Waals surface area contributed by atoms with Gasteiger partial charge in [-0.05, 0) is 36.8 Å². The topological polar surface area (TPSA) is 65.2 Å². The molecule has 118 valence electrons. The van der Waals surface area contributed by atoms with Crippen molar-refractivity contribution >= 4 is 28.0 Å². The number of furan rings is 1. The Bertz CT molecular complexity index is 1050. The molecule has 5 nitrogen and oxygen atoms in total. The van der Waals surface area contributed by atoms with Crippen LogP contribution in [0.1, 0.15) is 16.1 Å². The lowest BCUT2D eigenvalue weighted by Gasteiger charge is -2.06. The summed E-state index contributed by atoms with van der Waals surface area (Å²) in [6.07, 6.45) is 1.43. The van der Waals surface area contributed by atoms with E-state index in [0.717, 1.165) is 27.9 Å². The molecule has 0 N–H and O–H groups in total. The van der Waals surface area contributed by atoms with Crippen LogP contribution in [0.3, 0.4) is 0 Å². The largest absolute Gasteiger partial charge is 0.464 e. The molecular formula is C19H14N2O3. The Morgan fingerprint density at radius 3 is 2.79 bits per heavy atom. The monoisotopic (exact) mass is 318 g/mol. The lowest BCUT2D eigenvalue weighted by atomic mass is 10.1. The summed E-state index contributed by atoms with van der Waals surface area (Å²) >= 11 is 0. The van der Waals surface area contributed by atoms with Crippen molar-refractivity contribution in [1.29, 1.82) is 0 Å². The number of aryl methyl sites for hydroxylation is 1. The van der Waals surface area contributed by atoms with E-state index in [4.69, 9.17) is 9.15 Å². The Morgan fingerprint density at radius 1 is 1.17 bits per heavy atom. The number of ether oxygens (including phenoxy) is 1. The average molecular weight is 318 g/mol. The maximum absolute atomic E-state index is 11.7. The van der Waals surface area contributed by atoms with E-state index in [0.29, 0.717) is 11.0 Å². The predicted molar refractivity (Wildman–Crippen MR) is 90.8 cm³/mol. The van der Waals surface area contributed by atoms with Crippen LogP contribution in [0.4, 0.5) is 0 Å². The number of methoxy groups -OCH3 is 1. The third-order valence-corrected chi connectivity index (χ3v) is 3.88. The zero-order valence-electron chi connectivity index (χ0n) is 13.2. The molecule has 2 heterocycles. The molecule has 0 radical (unpaired) electrons. The molecule has 4 aromatic rings. The van der Waals surface area contributed by atoms with Crippen LogP contribution in [-0.2, 0) is 4.74 Å². The van der Waals surface area contributed by atoms with Gasteiger partial charge < -0.3 is 9.15 Å². The highest BCUT2D eigenvalue weighted by Gasteiger charge is 2.15. The zero-order chi connectivity index (χ0) is 16.7. The summed E-state index contributed by atoms with van der Waals surface area (Å²) in [7, 11) is 1.32. The van der Waals surface area contributed by atoms with Gasteiger partial charge in [-0.15, -0.1) is 0 Å². The number of esters is 1. The van der Waals surface area contributed by atoms with Crippen LogP contribution in [0, 0.1) is 6.92 Å². The number of hydrogen-bond donors (Lipinski definition) is 0. The first-order valence-electron chi connectivity index (χ1n) is 7.50. The van der Waals surface area contributed by atoms with E-state index in [1.165, 1.54) is 13.3 Å². The summed E-state index contributed by atoms with van der Waals surface area (Å²) in [4.78, 5) is 20.5. The molecule has 2 aromatic carbocycles. The molecule has 0 fully saturated rings. The van der Waals surface area contributed by atoms with Gasteiger partial charge in [0.25, 0.3) is 0 Å². The van der Waals surface area contributed by atoms with Gasteiger partial charge in [0.1, 0.15) is 11.3 Å². The first kappa shape index (κ1) is 14.4. The fourth-order valence-electron chi connectivity index (χ4n) is 2.77. The van der Waals surface area contributed by atoms with E-state index in [1.54, 1.807) is 0 Å². The Labute approximate surface area is 137 Å². The standard InChI is InChI=1S/C19H14N2O3/c1-11-7-13(17-9-12-5-3-4-6-16(12)24-17)18-14(8-11)21-15(10-20-18)19(22)23-2/h3-10H,1-2H3. The van der Waals surface area contributed by atoms with Crippen molar-refractivity contribution in [2.24, 2.45) is 0 Å². The van der Waals surface area contributed by atoms with Gasteiger partial charge in [-0.25, -0.2) is 9.78 Å². The van der Waals surface area contributed by atoms with Gasteiger partial charge >= 0.3 is 5.97 Å². The number of carbonyl (C=O) groups excluding carboxylic acids is 1. The van der Waals surface area contributed by atoms with E-state index in [1.807, 2.05) is 49.4 Å². The molecule has 0 amide bonds. The minimum absolute atomic E-state index is 0.186. The number of carbonyl (C=O) groups is 1. The molecule has 0 atom stereocenters. The van der Waals surface area contributed by atoms with Gasteiger partial charge in [0, 0.05) is 10.9 Å². The van der Waals surface area contributed by atoms with Crippen molar-refractivity contribution in [3.8, 4) is 11.3 Å². The second kappa shape index (κ2) is 5.45. The highest BCUT2D eigenvalue weighted by molar-refractivity contribution is 5.96. The highest BCUT2D eigenvalue weighted by Crippen LogP contribution is 2.32. The quantitative estimate of drug-likeness (QED) is 0.520. The number of para-hydroxylation sites is 1. The van der Waals surface area contributed by atoms with Gasteiger partial charge in [0.05, 0.1) is 24.3 Å². The van der Waals surface area contributed by atoms with Crippen molar-refractivity contribution in [2.75, 3.05) is 7.11 Å². The predicted octanol–water partition coefficient (Wildman–Crippen LogP) is 4.14. The van der Waals surface area contributed by atoms with Gasteiger partial charge in [-0.2, -0.15) is 0 Å². The maximum Gasteiger partial charge on any atom is 0.358 e. The number of rotatable bonds is 2. The molecule has 24 heavy (non-hydrogen) atoms. The van der Waals surface area contributed by atoms with Crippen LogP contribution in [0.5, 0.6) is 0 Å². The Balaban J connectivity index is 1.95. The van der Waals surface area contributed by atoms with Crippen molar-refractivity contribution in [3.63, 3.8) is 0 Å². The fraction of sp³-hybridized carbons (Fsp3) is 0.105. The maximum atomic E-state index is 11.7. The molecular weight excluding hydrogens is 304 g/mol.